The van der Waals surface area contributed by atoms with Gasteiger partial charge < -0.3 is 0 Å². The molecule has 0 unspecified atom stereocenters. The van der Waals surface area contributed by atoms with Gasteiger partial charge in [-0.3, -0.25) is 4.79 Å². The van der Waals surface area contributed by atoms with E-state index in [1.807, 2.05) is 18.2 Å². The second kappa shape index (κ2) is 3.69. The van der Waals surface area contributed by atoms with Crippen LogP contribution in [0.25, 0.3) is 32.3 Å². The molecule has 0 fully saturated rings. The van der Waals surface area contributed by atoms with E-state index in [0.29, 0.717) is 10.6 Å². The highest BCUT2D eigenvalue weighted by molar-refractivity contribution is 6.37. The quantitative estimate of drug-likeness (QED) is 0.347. The van der Waals surface area contributed by atoms with Crippen molar-refractivity contribution in [2.24, 2.45) is 0 Å². The average Bonchev–Trinajstić information content (AvgIpc) is 2.44. The molecule has 0 aliphatic carbocycles. The highest BCUT2D eigenvalue weighted by Gasteiger charge is 2.12. The number of hydrogen-bond donors (Lipinski definition) is 0. The van der Waals surface area contributed by atoms with Crippen LogP contribution in [0.5, 0.6) is 0 Å². The molecule has 4 rings (SSSR count). The van der Waals surface area contributed by atoms with Crippen molar-refractivity contribution < 1.29 is 4.79 Å². The van der Waals surface area contributed by atoms with E-state index in [0.717, 1.165) is 22.4 Å². The van der Waals surface area contributed by atoms with Crippen molar-refractivity contribution in [1.82, 2.24) is 0 Å². The summed E-state index contributed by atoms with van der Waals surface area (Å²) in [4.78, 5) is 11.3. The van der Waals surface area contributed by atoms with E-state index in [-0.39, 0.29) is 0 Å². The fraction of sp³-hybridized carbons (Fsp3) is 0. The summed E-state index contributed by atoms with van der Waals surface area (Å²) >= 11 is 6.19. The third-order valence-corrected chi connectivity index (χ3v) is 4.07. The minimum absolute atomic E-state index is 0.515. The second-order valence-electron chi connectivity index (χ2n) is 4.75. The molecule has 0 amide bonds. The van der Waals surface area contributed by atoms with Crippen LogP contribution >= 0.6 is 11.6 Å². The summed E-state index contributed by atoms with van der Waals surface area (Å²) in [6, 6.07) is 16.3. The Morgan fingerprint density at radius 2 is 1.53 bits per heavy atom. The fourth-order valence-electron chi connectivity index (χ4n) is 2.92. The van der Waals surface area contributed by atoms with Crippen molar-refractivity contribution in [2.45, 2.75) is 0 Å². The van der Waals surface area contributed by atoms with Gasteiger partial charge in [-0.2, -0.15) is 0 Å². The third-order valence-electron chi connectivity index (χ3n) is 3.76. The Morgan fingerprint density at radius 3 is 2.26 bits per heavy atom. The molecule has 0 N–H and O–H groups in total. The van der Waals surface area contributed by atoms with Gasteiger partial charge in [0.05, 0.1) is 5.02 Å². The lowest BCUT2D eigenvalue weighted by Gasteiger charge is -2.12. The first-order chi connectivity index (χ1) is 9.29. The summed E-state index contributed by atoms with van der Waals surface area (Å²) in [7, 11) is 0. The maximum Gasteiger partial charge on any atom is 0.152 e. The smallest absolute Gasteiger partial charge is 0.152 e. The summed E-state index contributed by atoms with van der Waals surface area (Å²) in [5.41, 5.74) is 0.576. The SMILES string of the molecule is O=Cc1c(Cl)cc2ccc3cccc4ccc1c2c34. The molecule has 0 aliphatic rings. The summed E-state index contributed by atoms with van der Waals surface area (Å²) in [6.45, 7) is 0. The predicted octanol–water partition coefficient (Wildman–Crippen LogP) is 5.05. The zero-order valence-corrected chi connectivity index (χ0v) is 10.7. The van der Waals surface area contributed by atoms with Crippen LogP contribution < -0.4 is 0 Å². The maximum atomic E-state index is 11.3. The van der Waals surface area contributed by atoms with Crippen LogP contribution in [0.3, 0.4) is 0 Å². The summed E-state index contributed by atoms with van der Waals surface area (Å²) in [5.74, 6) is 0. The van der Waals surface area contributed by atoms with Crippen molar-refractivity contribution in [2.75, 3.05) is 0 Å². The van der Waals surface area contributed by atoms with Crippen LogP contribution in [-0.2, 0) is 0 Å². The van der Waals surface area contributed by atoms with Gasteiger partial charge >= 0.3 is 0 Å². The molecule has 0 atom stereocenters. The van der Waals surface area contributed by atoms with E-state index in [1.165, 1.54) is 16.2 Å². The summed E-state index contributed by atoms with van der Waals surface area (Å²) < 4.78 is 0. The van der Waals surface area contributed by atoms with Gasteiger partial charge in [0.1, 0.15) is 0 Å². The van der Waals surface area contributed by atoms with Crippen molar-refractivity contribution in [3.05, 3.63) is 59.1 Å². The minimum atomic E-state index is 0.515. The fourth-order valence-corrected chi connectivity index (χ4v) is 3.18. The van der Waals surface area contributed by atoms with Gasteiger partial charge in [0, 0.05) is 5.56 Å². The molecule has 0 radical (unpaired) electrons. The molecule has 0 heterocycles. The lowest BCUT2D eigenvalue weighted by atomic mass is 9.92. The van der Waals surface area contributed by atoms with E-state index < -0.39 is 0 Å². The largest absolute Gasteiger partial charge is 0.298 e. The number of halogens is 1. The number of benzene rings is 4. The van der Waals surface area contributed by atoms with Gasteiger partial charge in [-0.15, -0.1) is 0 Å². The Hall–Kier alpha value is -2.12. The lowest BCUT2D eigenvalue weighted by Crippen LogP contribution is -1.89. The molecule has 1 nitrogen and oxygen atoms in total. The Labute approximate surface area is 114 Å². The molecule has 0 saturated heterocycles. The van der Waals surface area contributed by atoms with Gasteiger partial charge in [0.2, 0.25) is 0 Å². The molecule has 0 spiro atoms. The Kier molecular flexibility index (Phi) is 2.09. The van der Waals surface area contributed by atoms with Crippen LogP contribution in [0, 0.1) is 0 Å². The lowest BCUT2D eigenvalue weighted by molar-refractivity contribution is 0.112. The molecular formula is C17H9ClO. The third kappa shape index (κ3) is 1.33. The molecule has 0 bridgehead atoms. The van der Waals surface area contributed by atoms with E-state index in [2.05, 4.69) is 30.3 Å². The van der Waals surface area contributed by atoms with Crippen LogP contribution in [0.4, 0.5) is 0 Å². The van der Waals surface area contributed by atoms with Crippen molar-refractivity contribution in [1.29, 1.82) is 0 Å². The van der Waals surface area contributed by atoms with Crippen molar-refractivity contribution in [3.63, 3.8) is 0 Å². The highest BCUT2D eigenvalue weighted by atomic mass is 35.5. The number of rotatable bonds is 1. The van der Waals surface area contributed by atoms with Gasteiger partial charge in [-0.25, -0.2) is 0 Å². The summed E-state index contributed by atoms with van der Waals surface area (Å²) in [6.07, 6.45) is 0.841. The highest BCUT2D eigenvalue weighted by Crippen LogP contribution is 2.37. The van der Waals surface area contributed by atoms with Crippen LogP contribution in [-0.4, -0.2) is 6.29 Å². The standard InChI is InChI=1S/C17H9ClO/c18-15-8-12-5-4-10-2-1-3-11-6-7-13(14(15)9-19)17(12)16(10)11/h1-9H. The number of carbonyl (C=O) groups is 1. The monoisotopic (exact) mass is 264 g/mol. The Balaban J connectivity index is 2.43. The van der Waals surface area contributed by atoms with E-state index in [4.69, 9.17) is 11.6 Å². The normalized spacial score (nSPS) is 11.6. The second-order valence-corrected chi connectivity index (χ2v) is 5.15. The van der Waals surface area contributed by atoms with Crippen molar-refractivity contribution >= 4 is 50.2 Å². The van der Waals surface area contributed by atoms with Crippen molar-refractivity contribution in [3.8, 4) is 0 Å². The van der Waals surface area contributed by atoms with Crippen LogP contribution in [0.2, 0.25) is 5.02 Å². The molecule has 2 heteroatoms. The zero-order chi connectivity index (χ0) is 13.0. The molecule has 19 heavy (non-hydrogen) atoms. The molecule has 0 saturated carbocycles. The molecular weight excluding hydrogens is 256 g/mol. The molecule has 0 aromatic heterocycles. The summed E-state index contributed by atoms with van der Waals surface area (Å²) in [5, 5.41) is 7.24. The first-order valence-corrected chi connectivity index (χ1v) is 6.48. The Morgan fingerprint density at radius 1 is 0.842 bits per heavy atom. The molecule has 4 aromatic rings. The first-order valence-electron chi connectivity index (χ1n) is 6.11. The molecule has 4 aromatic carbocycles. The number of aldehydes is 1. The van der Waals surface area contributed by atoms with Crippen LogP contribution in [0.15, 0.2) is 48.5 Å². The van der Waals surface area contributed by atoms with Gasteiger partial charge in [0.25, 0.3) is 0 Å². The minimum Gasteiger partial charge on any atom is -0.298 e. The average molecular weight is 265 g/mol. The first kappa shape index (κ1) is 10.8. The maximum absolute atomic E-state index is 11.3. The van der Waals surface area contributed by atoms with Crippen LogP contribution in [0.1, 0.15) is 10.4 Å². The zero-order valence-electron chi connectivity index (χ0n) is 9.98. The van der Waals surface area contributed by atoms with Gasteiger partial charge in [-0.1, -0.05) is 54.1 Å². The van der Waals surface area contributed by atoms with E-state index in [1.54, 1.807) is 0 Å². The number of carbonyl (C=O) groups excluding carboxylic acids is 1. The number of hydrogen-bond acceptors (Lipinski definition) is 1. The van der Waals surface area contributed by atoms with Gasteiger partial charge in [-0.05, 0) is 38.4 Å². The van der Waals surface area contributed by atoms with Gasteiger partial charge in [0.15, 0.2) is 6.29 Å². The molecule has 90 valence electrons. The molecule has 0 aliphatic heterocycles. The predicted molar refractivity (Wildman–Crippen MR) is 80.5 cm³/mol. The van der Waals surface area contributed by atoms with E-state index in [9.17, 15) is 4.79 Å². The Bertz CT molecular complexity index is 924. The van der Waals surface area contributed by atoms with E-state index >= 15 is 0 Å². The topological polar surface area (TPSA) is 17.1 Å².